The van der Waals surface area contributed by atoms with Gasteiger partial charge in [-0.3, -0.25) is 9.69 Å². The summed E-state index contributed by atoms with van der Waals surface area (Å²) in [6.45, 7) is 7.14. The summed E-state index contributed by atoms with van der Waals surface area (Å²) in [6.07, 6.45) is 1.21. The first-order valence-electron chi connectivity index (χ1n) is 6.99. The lowest BCUT2D eigenvalue weighted by Gasteiger charge is -2.17. The molecule has 0 N–H and O–H groups in total. The molecular weight excluding hydrogens is 238 g/mol. The van der Waals surface area contributed by atoms with Crippen LogP contribution in [0.4, 0.5) is 0 Å². The van der Waals surface area contributed by atoms with E-state index in [1.54, 1.807) is 7.11 Å². The van der Waals surface area contributed by atoms with Gasteiger partial charge in [-0.15, -0.1) is 0 Å². The van der Waals surface area contributed by atoms with Crippen molar-refractivity contribution >= 4 is 5.78 Å². The Morgan fingerprint density at radius 3 is 2.89 bits per heavy atom. The molecule has 0 aromatic heterocycles. The van der Waals surface area contributed by atoms with Crippen LogP contribution in [0.3, 0.4) is 0 Å². The van der Waals surface area contributed by atoms with E-state index in [1.807, 2.05) is 24.3 Å². The van der Waals surface area contributed by atoms with E-state index in [-0.39, 0.29) is 5.78 Å². The second-order valence-corrected chi connectivity index (χ2v) is 5.68. The van der Waals surface area contributed by atoms with Crippen LogP contribution in [0.2, 0.25) is 0 Å². The predicted octanol–water partition coefficient (Wildman–Crippen LogP) is 2.86. The van der Waals surface area contributed by atoms with E-state index in [1.165, 1.54) is 6.42 Å². The predicted molar refractivity (Wildman–Crippen MR) is 76.7 cm³/mol. The molecule has 1 fully saturated rings. The minimum atomic E-state index is 0.184. The van der Waals surface area contributed by atoms with Gasteiger partial charge in [-0.2, -0.15) is 0 Å². The quantitative estimate of drug-likeness (QED) is 0.763. The number of nitrogens with zero attached hydrogens (tertiary/aromatic N) is 1. The van der Waals surface area contributed by atoms with Gasteiger partial charge in [-0.25, -0.2) is 0 Å². The highest BCUT2D eigenvalue weighted by atomic mass is 16.5. The third-order valence-electron chi connectivity index (χ3n) is 4.01. The largest absolute Gasteiger partial charge is 0.497 e. The average molecular weight is 261 g/mol. The molecule has 1 aromatic carbocycles. The number of hydrogen-bond acceptors (Lipinski definition) is 3. The van der Waals surface area contributed by atoms with Crippen LogP contribution in [0.1, 0.15) is 30.6 Å². The molecule has 3 nitrogen and oxygen atoms in total. The molecule has 0 spiro atoms. The first-order chi connectivity index (χ1) is 9.10. The average Bonchev–Trinajstić information content (AvgIpc) is 2.87. The Balaban J connectivity index is 1.94. The van der Waals surface area contributed by atoms with E-state index >= 15 is 0 Å². The Morgan fingerprint density at radius 2 is 2.26 bits per heavy atom. The first-order valence-corrected chi connectivity index (χ1v) is 6.99. The first kappa shape index (κ1) is 14.1. The number of likely N-dealkylation sites (tertiary alicyclic amines) is 1. The molecule has 0 saturated carbocycles. The summed E-state index contributed by atoms with van der Waals surface area (Å²) in [5.74, 6) is 2.37. The number of methoxy groups -OCH3 is 1. The van der Waals surface area contributed by atoms with E-state index in [9.17, 15) is 4.79 Å². The van der Waals surface area contributed by atoms with Crippen LogP contribution < -0.4 is 4.74 Å². The van der Waals surface area contributed by atoms with Crippen molar-refractivity contribution in [2.24, 2.45) is 11.8 Å². The maximum Gasteiger partial charge on any atom is 0.176 e. The summed E-state index contributed by atoms with van der Waals surface area (Å²) < 4.78 is 5.16. The molecular formula is C16H23NO2. The van der Waals surface area contributed by atoms with Gasteiger partial charge in [0.15, 0.2) is 5.78 Å². The molecule has 1 unspecified atom stereocenters. The number of carbonyl (C=O) groups excluding carboxylic acids is 1. The molecule has 1 aliphatic heterocycles. The second-order valence-electron chi connectivity index (χ2n) is 5.68. The number of carbonyl (C=O) groups is 1. The van der Waals surface area contributed by atoms with Crippen LogP contribution in [0.5, 0.6) is 5.75 Å². The minimum absolute atomic E-state index is 0.184. The molecule has 19 heavy (non-hydrogen) atoms. The van der Waals surface area contributed by atoms with Crippen LogP contribution in [0, 0.1) is 11.8 Å². The maximum atomic E-state index is 12.2. The highest BCUT2D eigenvalue weighted by Gasteiger charge is 2.26. The second kappa shape index (κ2) is 6.20. The van der Waals surface area contributed by atoms with Crippen molar-refractivity contribution in [2.75, 3.05) is 26.7 Å². The van der Waals surface area contributed by atoms with Gasteiger partial charge < -0.3 is 4.74 Å². The molecule has 1 heterocycles. The van der Waals surface area contributed by atoms with Gasteiger partial charge in [0.25, 0.3) is 0 Å². The summed E-state index contributed by atoms with van der Waals surface area (Å²) in [4.78, 5) is 14.5. The number of hydrogen-bond donors (Lipinski definition) is 0. The normalized spacial score (nSPS) is 19.9. The van der Waals surface area contributed by atoms with Gasteiger partial charge in [0.1, 0.15) is 5.75 Å². The van der Waals surface area contributed by atoms with E-state index in [0.717, 1.165) is 30.3 Å². The Morgan fingerprint density at radius 1 is 1.47 bits per heavy atom. The Hall–Kier alpha value is -1.35. The maximum absolute atomic E-state index is 12.2. The van der Waals surface area contributed by atoms with Gasteiger partial charge >= 0.3 is 0 Å². The van der Waals surface area contributed by atoms with Gasteiger partial charge in [0, 0.05) is 12.1 Å². The highest BCUT2D eigenvalue weighted by molar-refractivity contribution is 5.97. The summed E-state index contributed by atoms with van der Waals surface area (Å²) in [7, 11) is 1.62. The molecule has 3 heteroatoms. The third kappa shape index (κ3) is 3.57. The molecule has 2 rings (SSSR count). The van der Waals surface area contributed by atoms with Crippen molar-refractivity contribution in [2.45, 2.75) is 20.3 Å². The van der Waals surface area contributed by atoms with E-state index in [2.05, 4.69) is 18.7 Å². The fraction of sp³-hybridized carbons (Fsp3) is 0.562. The number of rotatable bonds is 5. The summed E-state index contributed by atoms with van der Waals surface area (Å²) in [5, 5.41) is 0. The molecule has 0 bridgehead atoms. The molecule has 1 atom stereocenters. The smallest absolute Gasteiger partial charge is 0.176 e. The van der Waals surface area contributed by atoms with Crippen molar-refractivity contribution in [1.82, 2.24) is 4.90 Å². The lowest BCUT2D eigenvalue weighted by molar-refractivity contribution is 0.0941. The number of ether oxygens (including phenoxy) is 1. The zero-order valence-electron chi connectivity index (χ0n) is 12.1. The van der Waals surface area contributed by atoms with Crippen LogP contribution in [-0.2, 0) is 0 Å². The molecule has 0 aliphatic carbocycles. The van der Waals surface area contributed by atoms with Gasteiger partial charge in [0.2, 0.25) is 0 Å². The van der Waals surface area contributed by atoms with Gasteiger partial charge in [-0.1, -0.05) is 26.0 Å². The van der Waals surface area contributed by atoms with Gasteiger partial charge in [0.05, 0.1) is 13.7 Å². The fourth-order valence-electron chi connectivity index (χ4n) is 2.64. The lowest BCUT2D eigenvalue weighted by atomic mass is 9.95. The molecule has 104 valence electrons. The Labute approximate surface area is 115 Å². The van der Waals surface area contributed by atoms with Crippen LogP contribution in [0.25, 0.3) is 0 Å². The molecule has 1 aromatic rings. The van der Waals surface area contributed by atoms with Crippen molar-refractivity contribution in [3.8, 4) is 5.75 Å². The van der Waals surface area contributed by atoms with Crippen molar-refractivity contribution < 1.29 is 9.53 Å². The van der Waals surface area contributed by atoms with Crippen molar-refractivity contribution in [1.29, 1.82) is 0 Å². The Kier molecular flexibility index (Phi) is 4.59. The summed E-state index contributed by atoms with van der Waals surface area (Å²) >= 11 is 0. The zero-order chi connectivity index (χ0) is 13.8. The minimum Gasteiger partial charge on any atom is -0.497 e. The molecule has 0 amide bonds. The lowest BCUT2D eigenvalue weighted by Crippen LogP contribution is -2.28. The van der Waals surface area contributed by atoms with E-state index < -0.39 is 0 Å². The van der Waals surface area contributed by atoms with E-state index in [0.29, 0.717) is 12.5 Å². The summed E-state index contributed by atoms with van der Waals surface area (Å²) in [5.41, 5.74) is 0.743. The standard InChI is InChI=1S/C16H23NO2/c1-12(2)14-7-8-17(10-14)11-16(18)13-5-4-6-15(9-13)19-3/h4-6,9,12,14H,7-8,10-11H2,1-3H3. The van der Waals surface area contributed by atoms with Crippen LogP contribution >= 0.6 is 0 Å². The van der Waals surface area contributed by atoms with Crippen LogP contribution in [-0.4, -0.2) is 37.4 Å². The highest BCUT2D eigenvalue weighted by Crippen LogP contribution is 2.23. The summed E-state index contributed by atoms with van der Waals surface area (Å²) in [6, 6.07) is 7.41. The zero-order valence-corrected chi connectivity index (χ0v) is 12.1. The fourth-order valence-corrected chi connectivity index (χ4v) is 2.64. The number of benzene rings is 1. The topological polar surface area (TPSA) is 29.5 Å². The number of Topliss-reactive ketones (excluding diaryl/α,β-unsaturated/α-hetero) is 1. The number of ketones is 1. The molecule has 1 aliphatic rings. The molecule has 0 radical (unpaired) electrons. The monoisotopic (exact) mass is 261 g/mol. The van der Waals surface area contributed by atoms with Gasteiger partial charge in [-0.05, 0) is 36.9 Å². The van der Waals surface area contributed by atoms with Crippen molar-refractivity contribution in [3.63, 3.8) is 0 Å². The third-order valence-corrected chi connectivity index (χ3v) is 4.01. The molecule has 1 saturated heterocycles. The Bertz CT molecular complexity index is 442. The van der Waals surface area contributed by atoms with Crippen LogP contribution in [0.15, 0.2) is 24.3 Å². The SMILES string of the molecule is COc1cccc(C(=O)CN2CCC(C(C)C)C2)c1. The van der Waals surface area contributed by atoms with E-state index in [4.69, 9.17) is 4.74 Å². The van der Waals surface area contributed by atoms with Crippen molar-refractivity contribution in [3.05, 3.63) is 29.8 Å².